The lowest BCUT2D eigenvalue weighted by atomic mass is 9.97. The monoisotopic (exact) mass is 262 g/mol. The molecule has 19 heavy (non-hydrogen) atoms. The van der Waals surface area contributed by atoms with E-state index in [9.17, 15) is 4.79 Å². The summed E-state index contributed by atoms with van der Waals surface area (Å²) in [7, 11) is 0. The van der Waals surface area contributed by atoms with Crippen LogP contribution in [0.2, 0.25) is 0 Å². The van der Waals surface area contributed by atoms with Gasteiger partial charge in [-0.15, -0.1) is 0 Å². The summed E-state index contributed by atoms with van der Waals surface area (Å²) in [5.41, 5.74) is 0.747. The minimum atomic E-state index is -0.0764. The summed E-state index contributed by atoms with van der Waals surface area (Å²) >= 11 is 0. The quantitative estimate of drug-likeness (QED) is 0.856. The van der Waals surface area contributed by atoms with Gasteiger partial charge >= 0.3 is 0 Å². The van der Waals surface area contributed by atoms with Crippen LogP contribution in [-0.2, 0) is 4.79 Å². The van der Waals surface area contributed by atoms with Crippen LogP contribution in [0, 0.1) is 5.92 Å². The summed E-state index contributed by atoms with van der Waals surface area (Å²) in [6, 6.07) is 7.56. The first kappa shape index (κ1) is 13.9. The Kier molecular flexibility index (Phi) is 5.21. The van der Waals surface area contributed by atoms with Crippen LogP contribution in [0.3, 0.4) is 0 Å². The number of carbonyl (C=O) groups is 1. The Balaban J connectivity index is 1.83. The molecule has 1 unspecified atom stereocenters. The maximum Gasteiger partial charge on any atom is 0.221 e. The molecule has 104 valence electrons. The van der Waals surface area contributed by atoms with Gasteiger partial charge in [0.25, 0.3) is 0 Å². The molecular weight excluding hydrogens is 240 g/mol. The molecule has 1 aromatic carbocycles. The van der Waals surface area contributed by atoms with Gasteiger partial charge in [0.2, 0.25) is 5.91 Å². The average Bonchev–Trinajstić information content (AvgIpc) is 2.41. The number of rotatable bonds is 5. The molecule has 1 fully saturated rings. The van der Waals surface area contributed by atoms with Gasteiger partial charge in [-0.05, 0) is 50.4 Å². The topological polar surface area (TPSA) is 50.4 Å². The van der Waals surface area contributed by atoms with E-state index in [2.05, 4.69) is 10.6 Å². The summed E-state index contributed by atoms with van der Waals surface area (Å²) < 4.78 is 5.80. The molecule has 0 aromatic heterocycles. The van der Waals surface area contributed by atoms with Crippen LogP contribution in [0.4, 0.5) is 5.69 Å². The summed E-state index contributed by atoms with van der Waals surface area (Å²) in [5, 5.41) is 6.19. The van der Waals surface area contributed by atoms with Crippen LogP contribution in [-0.4, -0.2) is 25.6 Å². The zero-order valence-electron chi connectivity index (χ0n) is 11.4. The Morgan fingerprint density at radius 2 is 2.32 bits per heavy atom. The third-order valence-corrected chi connectivity index (χ3v) is 3.38. The van der Waals surface area contributed by atoms with Gasteiger partial charge in [-0.2, -0.15) is 0 Å². The lowest BCUT2D eigenvalue weighted by Gasteiger charge is -2.22. The first-order chi connectivity index (χ1) is 9.25. The molecule has 0 spiro atoms. The molecule has 1 heterocycles. The van der Waals surface area contributed by atoms with E-state index in [0.29, 0.717) is 12.5 Å². The highest BCUT2D eigenvalue weighted by Crippen LogP contribution is 2.24. The molecule has 0 radical (unpaired) electrons. The van der Waals surface area contributed by atoms with Crippen molar-refractivity contribution in [1.29, 1.82) is 0 Å². The Morgan fingerprint density at radius 1 is 1.47 bits per heavy atom. The van der Waals surface area contributed by atoms with Gasteiger partial charge in [0.05, 0.1) is 12.3 Å². The fourth-order valence-corrected chi connectivity index (χ4v) is 2.39. The number of carbonyl (C=O) groups excluding carboxylic acids is 1. The molecule has 1 saturated heterocycles. The van der Waals surface area contributed by atoms with E-state index in [1.54, 1.807) is 0 Å². The minimum absolute atomic E-state index is 0.0764. The van der Waals surface area contributed by atoms with Crippen molar-refractivity contribution in [1.82, 2.24) is 5.32 Å². The van der Waals surface area contributed by atoms with Crippen LogP contribution in [0.15, 0.2) is 24.3 Å². The van der Waals surface area contributed by atoms with Crippen LogP contribution in [0.25, 0.3) is 0 Å². The number of piperidine rings is 1. The summed E-state index contributed by atoms with van der Waals surface area (Å²) in [4.78, 5) is 11.1. The SMILES string of the molecule is CC(=O)Nc1ccccc1OCCC1CCCNC1. The van der Waals surface area contributed by atoms with Crippen molar-refractivity contribution in [3.8, 4) is 5.75 Å². The van der Waals surface area contributed by atoms with Crippen molar-refractivity contribution in [2.75, 3.05) is 25.0 Å². The van der Waals surface area contributed by atoms with E-state index in [4.69, 9.17) is 4.74 Å². The number of hydrogen-bond donors (Lipinski definition) is 2. The summed E-state index contributed by atoms with van der Waals surface area (Å²) in [6.07, 6.45) is 3.60. The van der Waals surface area contributed by atoms with Crippen LogP contribution in [0.1, 0.15) is 26.2 Å². The zero-order chi connectivity index (χ0) is 13.5. The lowest BCUT2D eigenvalue weighted by Crippen LogP contribution is -2.30. The molecule has 0 aliphatic carbocycles. The van der Waals surface area contributed by atoms with Gasteiger partial charge in [-0.25, -0.2) is 0 Å². The first-order valence-electron chi connectivity index (χ1n) is 6.96. The summed E-state index contributed by atoms with van der Waals surface area (Å²) in [5.74, 6) is 1.38. The average molecular weight is 262 g/mol. The second-order valence-electron chi connectivity index (χ2n) is 5.03. The molecule has 0 bridgehead atoms. The molecular formula is C15H22N2O2. The number of para-hydroxylation sites is 2. The number of benzene rings is 1. The molecule has 4 heteroatoms. The third kappa shape index (κ3) is 4.56. The van der Waals surface area contributed by atoms with Crippen LogP contribution < -0.4 is 15.4 Å². The molecule has 4 nitrogen and oxygen atoms in total. The van der Waals surface area contributed by atoms with E-state index in [1.165, 1.54) is 19.8 Å². The molecule has 1 aromatic rings. The van der Waals surface area contributed by atoms with Crippen molar-refractivity contribution in [3.63, 3.8) is 0 Å². The first-order valence-corrected chi connectivity index (χ1v) is 6.96. The minimum Gasteiger partial charge on any atom is -0.491 e. The second-order valence-corrected chi connectivity index (χ2v) is 5.03. The molecule has 2 rings (SSSR count). The maximum absolute atomic E-state index is 11.1. The molecule has 2 N–H and O–H groups in total. The van der Waals surface area contributed by atoms with Crippen LogP contribution in [0.5, 0.6) is 5.75 Å². The van der Waals surface area contributed by atoms with Crippen molar-refractivity contribution in [3.05, 3.63) is 24.3 Å². The van der Waals surface area contributed by atoms with Gasteiger partial charge < -0.3 is 15.4 Å². The Bertz CT molecular complexity index is 414. The Labute approximate surface area is 114 Å². The van der Waals surface area contributed by atoms with E-state index in [0.717, 1.165) is 30.9 Å². The molecule has 1 amide bonds. The standard InChI is InChI=1S/C15H22N2O2/c1-12(18)17-14-6-2-3-7-15(14)19-10-8-13-5-4-9-16-11-13/h2-3,6-7,13,16H,4-5,8-11H2,1H3,(H,17,18). The third-order valence-electron chi connectivity index (χ3n) is 3.38. The maximum atomic E-state index is 11.1. The summed E-state index contributed by atoms with van der Waals surface area (Å²) in [6.45, 7) is 4.44. The van der Waals surface area contributed by atoms with Crippen LogP contribution >= 0.6 is 0 Å². The Hall–Kier alpha value is -1.55. The van der Waals surface area contributed by atoms with E-state index in [-0.39, 0.29) is 5.91 Å². The number of ether oxygens (including phenoxy) is 1. The fraction of sp³-hybridized carbons (Fsp3) is 0.533. The van der Waals surface area contributed by atoms with Gasteiger partial charge in [-0.3, -0.25) is 4.79 Å². The lowest BCUT2D eigenvalue weighted by molar-refractivity contribution is -0.114. The number of amides is 1. The van der Waals surface area contributed by atoms with Gasteiger partial charge in [0.15, 0.2) is 0 Å². The highest BCUT2D eigenvalue weighted by atomic mass is 16.5. The molecule has 1 aliphatic rings. The van der Waals surface area contributed by atoms with Gasteiger partial charge in [0.1, 0.15) is 5.75 Å². The van der Waals surface area contributed by atoms with Crippen molar-refractivity contribution >= 4 is 11.6 Å². The van der Waals surface area contributed by atoms with Gasteiger partial charge in [0, 0.05) is 6.92 Å². The Morgan fingerprint density at radius 3 is 3.05 bits per heavy atom. The predicted octanol–water partition coefficient (Wildman–Crippen LogP) is 2.41. The highest BCUT2D eigenvalue weighted by Gasteiger charge is 2.13. The van der Waals surface area contributed by atoms with E-state index in [1.807, 2.05) is 24.3 Å². The zero-order valence-corrected chi connectivity index (χ0v) is 11.4. The number of hydrogen-bond acceptors (Lipinski definition) is 3. The largest absolute Gasteiger partial charge is 0.491 e. The fourth-order valence-electron chi connectivity index (χ4n) is 2.39. The molecule has 1 aliphatic heterocycles. The highest BCUT2D eigenvalue weighted by molar-refractivity contribution is 5.90. The number of nitrogens with one attached hydrogen (secondary N) is 2. The normalized spacial score (nSPS) is 18.9. The smallest absolute Gasteiger partial charge is 0.221 e. The van der Waals surface area contributed by atoms with E-state index < -0.39 is 0 Å². The van der Waals surface area contributed by atoms with Gasteiger partial charge in [-0.1, -0.05) is 12.1 Å². The second kappa shape index (κ2) is 7.14. The van der Waals surface area contributed by atoms with Crippen molar-refractivity contribution in [2.45, 2.75) is 26.2 Å². The molecule has 1 atom stereocenters. The van der Waals surface area contributed by atoms with Crippen molar-refractivity contribution < 1.29 is 9.53 Å². The van der Waals surface area contributed by atoms with Crippen molar-refractivity contribution in [2.24, 2.45) is 5.92 Å². The number of anilines is 1. The molecule has 0 saturated carbocycles. The predicted molar refractivity (Wildman–Crippen MR) is 76.5 cm³/mol. The van der Waals surface area contributed by atoms with E-state index >= 15 is 0 Å².